The van der Waals surface area contributed by atoms with Crippen LogP contribution in [0.3, 0.4) is 0 Å². The average Bonchev–Trinajstić information content (AvgIpc) is 3.16. The number of aromatic amines is 1. The van der Waals surface area contributed by atoms with Crippen LogP contribution in [0, 0.1) is 0 Å². The van der Waals surface area contributed by atoms with Crippen LogP contribution in [0.4, 0.5) is 8.78 Å². The van der Waals surface area contributed by atoms with E-state index in [1.165, 1.54) is 11.0 Å². The van der Waals surface area contributed by atoms with Crippen LogP contribution in [0.5, 0.6) is 5.75 Å². The highest BCUT2D eigenvalue weighted by molar-refractivity contribution is 5.97. The number of hydrogen-bond donors (Lipinski definition) is 1. The molecule has 2 aromatic heterocycles. The first-order valence-electron chi connectivity index (χ1n) is 9.14. The number of nitrogens with zero attached hydrogens (tertiary/aromatic N) is 3. The Morgan fingerprint density at radius 3 is 2.63 bits per heavy atom. The number of nitrogens with one attached hydrogen (secondary N) is 1. The lowest BCUT2D eigenvalue weighted by Crippen LogP contribution is -2.21. The number of rotatable bonds is 5. The molecule has 4 rings (SSSR count). The van der Waals surface area contributed by atoms with E-state index in [4.69, 9.17) is 0 Å². The molecule has 0 aliphatic carbocycles. The molecule has 6 nitrogen and oxygen atoms in total. The van der Waals surface area contributed by atoms with E-state index in [2.05, 4.69) is 19.9 Å². The second-order valence-electron chi connectivity index (χ2n) is 6.85. The Kier molecular flexibility index (Phi) is 5.14. The Balaban J connectivity index is 1.81. The summed E-state index contributed by atoms with van der Waals surface area (Å²) in [5, 5.41) is 7.70. The molecule has 0 aliphatic rings. The molecule has 0 saturated heterocycles. The minimum Gasteiger partial charge on any atom is -0.434 e. The second-order valence-corrected chi connectivity index (χ2v) is 6.85. The number of halogens is 2. The summed E-state index contributed by atoms with van der Waals surface area (Å²) < 4.78 is 30.3. The standard InChI is InChI=1S/C22H18F2N4O2/c1-28(2)21(29)14-7-5-6-13(10-14)15-11-17-19(26-27-20(17)25-12-15)16-8-3-4-9-18(16)30-22(23)24/h3-12,22H,1-2H3,(H,25,26,27). The third-order valence-electron chi connectivity index (χ3n) is 4.63. The van der Waals surface area contributed by atoms with Crippen molar-refractivity contribution < 1.29 is 18.3 Å². The molecule has 0 spiro atoms. The van der Waals surface area contributed by atoms with E-state index in [-0.39, 0.29) is 11.7 Å². The largest absolute Gasteiger partial charge is 0.434 e. The molecule has 2 heterocycles. The molecule has 152 valence electrons. The number of pyridine rings is 1. The van der Waals surface area contributed by atoms with Crippen molar-refractivity contribution in [1.82, 2.24) is 20.1 Å². The number of alkyl halides is 2. The number of carbonyl (C=O) groups is 1. The van der Waals surface area contributed by atoms with Crippen molar-refractivity contribution in [2.24, 2.45) is 0 Å². The van der Waals surface area contributed by atoms with Crippen LogP contribution in [0.25, 0.3) is 33.4 Å². The van der Waals surface area contributed by atoms with Crippen LogP contribution in [-0.4, -0.2) is 46.7 Å². The highest BCUT2D eigenvalue weighted by Gasteiger charge is 2.17. The van der Waals surface area contributed by atoms with E-state index in [0.717, 1.165) is 11.1 Å². The highest BCUT2D eigenvalue weighted by atomic mass is 19.3. The third kappa shape index (κ3) is 3.71. The maximum absolute atomic E-state index is 12.8. The van der Waals surface area contributed by atoms with Gasteiger partial charge in [-0.2, -0.15) is 13.9 Å². The normalized spacial score (nSPS) is 11.1. The first-order valence-corrected chi connectivity index (χ1v) is 9.14. The van der Waals surface area contributed by atoms with E-state index in [1.807, 2.05) is 12.1 Å². The maximum Gasteiger partial charge on any atom is 0.387 e. The SMILES string of the molecule is CN(C)C(=O)c1cccc(-c2cnc3n[nH]c(-c4ccccc4OC(F)F)c3c2)c1. The molecule has 0 radical (unpaired) electrons. The number of carbonyl (C=O) groups excluding carboxylic acids is 1. The van der Waals surface area contributed by atoms with Gasteiger partial charge in [-0.15, -0.1) is 0 Å². The number of fused-ring (bicyclic) bond motifs is 1. The van der Waals surface area contributed by atoms with Gasteiger partial charge in [-0.25, -0.2) is 4.98 Å². The van der Waals surface area contributed by atoms with Crippen molar-refractivity contribution in [3.63, 3.8) is 0 Å². The van der Waals surface area contributed by atoms with Crippen molar-refractivity contribution in [3.05, 3.63) is 66.4 Å². The number of H-pyrrole nitrogens is 1. The topological polar surface area (TPSA) is 71.1 Å². The fourth-order valence-corrected chi connectivity index (χ4v) is 3.22. The van der Waals surface area contributed by atoms with E-state index >= 15 is 0 Å². The van der Waals surface area contributed by atoms with Crippen molar-refractivity contribution >= 4 is 16.9 Å². The number of ether oxygens (including phenoxy) is 1. The summed E-state index contributed by atoms with van der Waals surface area (Å²) in [4.78, 5) is 18.2. The molecule has 0 fully saturated rings. The molecule has 8 heteroatoms. The van der Waals surface area contributed by atoms with E-state index < -0.39 is 6.61 Å². The van der Waals surface area contributed by atoms with Gasteiger partial charge >= 0.3 is 6.61 Å². The van der Waals surface area contributed by atoms with Crippen LogP contribution in [-0.2, 0) is 0 Å². The fraction of sp³-hybridized carbons (Fsp3) is 0.136. The summed E-state index contributed by atoms with van der Waals surface area (Å²) in [6.45, 7) is -2.94. The number of aromatic nitrogens is 3. The molecular formula is C22H18F2N4O2. The Hall–Kier alpha value is -3.81. The maximum atomic E-state index is 12.8. The van der Waals surface area contributed by atoms with Gasteiger partial charge in [0.1, 0.15) is 5.75 Å². The zero-order valence-electron chi connectivity index (χ0n) is 16.3. The van der Waals surface area contributed by atoms with Crippen LogP contribution >= 0.6 is 0 Å². The van der Waals surface area contributed by atoms with Crippen molar-refractivity contribution in [1.29, 1.82) is 0 Å². The Morgan fingerprint density at radius 1 is 1.07 bits per heavy atom. The van der Waals surface area contributed by atoms with Crippen LogP contribution < -0.4 is 4.74 Å². The third-order valence-corrected chi connectivity index (χ3v) is 4.63. The average molecular weight is 408 g/mol. The van der Waals surface area contributed by atoms with Gasteiger partial charge in [0, 0.05) is 42.4 Å². The number of hydrogen-bond acceptors (Lipinski definition) is 4. The minimum atomic E-state index is -2.94. The highest BCUT2D eigenvalue weighted by Crippen LogP contribution is 2.35. The van der Waals surface area contributed by atoms with Crippen LogP contribution in [0.15, 0.2) is 60.8 Å². The zero-order valence-corrected chi connectivity index (χ0v) is 16.3. The smallest absolute Gasteiger partial charge is 0.387 e. The molecule has 1 N–H and O–H groups in total. The molecule has 0 bridgehead atoms. The van der Waals surface area contributed by atoms with E-state index in [0.29, 0.717) is 27.9 Å². The summed E-state index contributed by atoms with van der Waals surface area (Å²) in [5.41, 5.74) is 3.56. The lowest BCUT2D eigenvalue weighted by Gasteiger charge is -2.11. The molecule has 0 unspecified atom stereocenters. The first kappa shape index (κ1) is 19.5. The number of amides is 1. The van der Waals surface area contributed by atoms with Gasteiger partial charge in [-0.05, 0) is 35.9 Å². The minimum absolute atomic E-state index is 0.0435. The molecular weight excluding hydrogens is 390 g/mol. The van der Waals surface area contributed by atoms with E-state index in [1.54, 1.807) is 56.7 Å². The summed E-state index contributed by atoms with van der Waals surface area (Å²) in [7, 11) is 3.39. The second kappa shape index (κ2) is 7.90. The summed E-state index contributed by atoms with van der Waals surface area (Å²) >= 11 is 0. The van der Waals surface area contributed by atoms with Crippen molar-refractivity contribution in [2.45, 2.75) is 6.61 Å². The van der Waals surface area contributed by atoms with Crippen molar-refractivity contribution in [2.75, 3.05) is 14.1 Å². The quantitative estimate of drug-likeness (QED) is 0.524. The molecule has 0 atom stereocenters. The van der Waals surface area contributed by atoms with Crippen LogP contribution in [0.1, 0.15) is 10.4 Å². The van der Waals surface area contributed by atoms with Crippen molar-refractivity contribution in [3.8, 4) is 28.1 Å². The Morgan fingerprint density at radius 2 is 1.87 bits per heavy atom. The lowest BCUT2D eigenvalue weighted by molar-refractivity contribution is -0.0494. The lowest BCUT2D eigenvalue weighted by atomic mass is 10.0. The summed E-state index contributed by atoms with van der Waals surface area (Å²) in [6.07, 6.45) is 1.66. The Bertz CT molecular complexity index is 1220. The predicted molar refractivity (Wildman–Crippen MR) is 109 cm³/mol. The monoisotopic (exact) mass is 408 g/mol. The summed E-state index contributed by atoms with van der Waals surface area (Å²) in [5.74, 6) is -0.0602. The molecule has 30 heavy (non-hydrogen) atoms. The van der Waals surface area contributed by atoms with Gasteiger partial charge in [0.05, 0.1) is 5.69 Å². The fourth-order valence-electron chi connectivity index (χ4n) is 3.22. The molecule has 0 aliphatic heterocycles. The van der Waals surface area contributed by atoms with E-state index in [9.17, 15) is 13.6 Å². The number of benzene rings is 2. The van der Waals surface area contributed by atoms with Gasteiger partial charge in [-0.1, -0.05) is 24.3 Å². The first-order chi connectivity index (χ1) is 14.4. The van der Waals surface area contributed by atoms with Crippen LogP contribution in [0.2, 0.25) is 0 Å². The molecule has 1 amide bonds. The molecule has 4 aromatic rings. The van der Waals surface area contributed by atoms with Gasteiger partial charge in [0.2, 0.25) is 0 Å². The predicted octanol–water partition coefficient (Wildman–Crippen LogP) is 4.60. The summed E-state index contributed by atoms with van der Waals surface area (Å²) in [6, 6.07) is 15.6. The van der Waals surface area contributed by atoms with Gasteiger partial charge in [-0.3, -0.25) is 9.89 Å². The molecule has 2 aromatic carbocycles. The molecule has 0 saturated carbocycles. The zero-order chi connectivity index (χ0) is 21.3. The van der Waals surface area contributed by atoms with Gasteiger partial charge in [0.25, 0.3) is 5.91 Å². The van der Waals surface area contributed by atoms with Gasteiger partial charge in [0.15, 0.2) is 5.65 Å². The Labute approximate surface area is 171 Å². The van der Waals surface area contributed by atoms with Gasteiger partial charge < -0.3 is 9.64 Å². The number of para-hydroxylation sites is 1.